The van der Waals surface area contributed by atoms with Crippen molar-refractivity contribution in [3.63, 3.8) is 0 Å². The second kappa shape index (κ2) is 27.9. The van der Waals surface area contributed by atoms with Crippen molar-refractivity contribution >= 4 is 15.3 Å². The monoisotopic (exact) mass is 623 g/mol. The Hall–Kier alpha value is -1.60. The van der Waals surface area contributed by atoms with Crippen LogP contribution in [0.1, 0.15) is 78.4 Å². The lowest BCUT2D eigenvalue weighted by atomic mass is 10.0. The summed E-state index contributed by atoms with van der Waals surface area (Å²) in [6.45, 7) is 13.6. The first-order chi connectivity index (χ1) is 20.0. The second-order valence-electron chi connectivity index (χ2n) is 10.7. The van der Waals surface area contributed by atoms with E-state index in [1.165, 1.54) is 50.0 Å². The number of hydrogen-bond donors (Lipinski definition) is 1. The van der Waals surface area contributed by atoms with E-state index in [1.54, 1.807) is 20.3 Å². The Morgan fingerprint density at radius 3 is 2.14 bits per heavy atom. The number of allylic oxidation sites excluding steroid dienone is 3. The highest BCUT2D eigenvalue weighted by Crippen LogP contribution is 2.37. The summed E-state index contributed by atoms with van der Waals surface area (Å²) >= 11 is 0. The number of unbranched alkanes of at least 4 members (excludes halogenated alkanes) is 1. The van der Waals surface area contributed by atoms with Gasteiger partial charge in [-0.1, -0.05) is 93.1 Å². The molecule has 2 aliphatic rings. The largest absolute Gasteiger partial charge is 0.381 e. The molecule has 1 saturated heterocycles. The number of likely N-dealkylation sites (tertiary alicyclic amines) is 1. The van der Waals surface area contributed by atoms with Crippen molar-refractivity contribution in [3.8, 4) is 0 Å². The molecule has 1 aliphatic heterocycles. The van der Waals surface area contributed by atoms with Crippen molar-refractivity contribution in [2.75, 3.05) is 60.2 Å². The SMILES string of the molecule is C.C.C=C/C=C\C.CCCCN(CC(OC)OC)C(=O)CCOCCc1ccc(CCN2CC3CCCC3C2)cc1.NP. The normalized spacial score (nSPS) is 17.2. The predicted octanol–water partition coefficient (Wildman–Crippen LogP) is 6.91. The van der Waals surface area contributed by atoms with Gasteiger partial charge < -0.3 is 29.5 Å². The quantitative estimate of drug-likeness (QED) is 0.0879. The number of nitrogens with two attached hydrogens (primary N) is 1. The van der Waals surface area contributed by atoms with Gasteiger partial charge in [0.1, 0.15) is 0 Å². The number of carbonyl (C=O) groups is 1. The lowest BCUT2D eigenvalue weighted by molar-refractivity contribution is -0.146. The highest BCUT2D eigenvalue weighted by molar-refractivity contribution is 7.13. The van der Waals surface area contributed by atoms with Gasteiger partial charge in [-0.3, -0.25) is 4.79 Å². The summed E-state index contributed by atoms with van der Waals surface area (Å²) in [5, 5.41) is 0. The number of rotatable bonds is 17. The maximum absolute atomic E-state index is 12.6. The molecule has 0 spiro atoms. The zero-order valence-electron chi connectivity index (χ0n) is 26.3. The smallest absolute Gasteiger partial charge is 0.225 e. The van der Waals surface area contributed by atoms with E-state index in [4.69, 9.17) is 14.2 Å². The van der Waals surface area contributed by atoms with E-state index in [0.29, 0.717) is 26.2 Å². The van der Waals surface area contributed by atoms with Crippen molar-refractivity contribution in [3.05, 3.63) is 60.2 Å². The number of methoxy groups -OCH3 is 2. The minimum absolute atomic E-state index is 0. The van der Waals surface area contributed by atoms with Crippen LogP contribution in [-0.2, 0) is 31.8 Å². The van der Waals surface area contributed by atoms with Crippen LogP contribution in [0.4, 0.5) is 0 Å². The molecule has 3 rings (SSSR count). The number of nitrogens with zero attached hydrogens (tertiary/aromatic N) is 2. The van der Waals surface area contributed by atoms with Gasteiger partial charge in [0.2, 0.25) is 5.91 Å². The topological polar surface area (TPSA) is 77.3 Å². The summed E-state index contributed by atoms with van der Waals surface area (Å²) < 4.78 is 16.3. The van der Waals surface area contributed by atoms with Gasteiger partial charge in [-0.2, -0.15) is 0 Å². The van der Waals surface area contributed by atoms with Crippen LogP contribution in [-0.4, -0.2) is 82.2 Å². The average molecular weight is 624 g/mol. The number of ether oxygens (including phenoxy) is 3. The van der Waals surface area contributed by atoms with E-state index in [9.17, 15) is 4.79 Å². The molecular formula is C35H66N3O4P. The number of benzene rings is 1. The lowest BCUT2D eigenvalue weighted by Crippen LogP contribution is -2.40. The van der Waals surface area contributed by atoms with Crippen LogP contribution in [0, 0.1) is 11.8 Å². The number of hydrogen-bond acceptors (Lipinski definition) is 6. The fraction of sp³-hybridized carbons (Fsp3) is 0.686. The Morgan fingerprint density at radius 1 is 1.07 bits per heavy atom. The van der Waals surface area contributed by atoms with Gasteiger partial charge in [0.25, 0.3) is 0 Å². The molecular weight excluding hydrogens is 557 g/mol. The Kier molecular flexibility index (Phi) is 28.3. The van der Waals surface area contributed by atoms with Crippen molar-refractivity contribution < 1.29 is 19.0 Å². The van der Waals surface area contributed by atoms with E-state index >= 15 is 0 Å². The molecule has 1 heterocycles. The first kappa shape index (κ1) is 43.5. The Morgan fingerprint density at radius 2 is 1.65 bits per heavy atom. The molecule has 3 unspecified atom stereocenters. The third-order valence-corrected chi connectivity index (χ3v) is 7.89. The number of carbonyl (C=O) groups excluding carboxylic acids is 1. The van der Waals surface area contributed by atoms with Crippen LogP contribution in [0.15, 0.2) is 49.1 Å². The third-order valence-electron chi connectivity index (χ3n) is 7.89. The molecule has 1 saturated carbocycles. The maximum atomic E-state index is 12.6. The standard InChI is InChI=1S/C28H46N2O4.C5H8.2CH4.H4NP/c1-4-5-16-30(22-28(32-2)33-3)27(31)15-19-34-18-14-24-11-9-23(10-12-24)13-17-29-20-25-7-6-8-26(25)21-29;1-3-5-4-2;;;1-2/h9-12,25-26,28H,4-8,13-22H2,1-3H3;3-5H,1H2,2H3;2*1H4;1-2H2/b;5-4-;;;. The highest BCUT2D eigenvalue weighted by Gasteiger charge is 2.35. The van der Waals surface area contributed by atoms with Crippen LogP contribution in [0.5, 0.6) is 0 Å². The van der Waals surface area contributed by atoms with E-state index < -0.39 is 0 Å². The minimum atomic E-state index is -0.389. The van der Waals surface area contributed by atoms with Gasteiger partial charge in [-0.05, 0) is 62.0 Å². The van der Waals surface area contributed by atoms with E-state index in [0.717, 1.165) is 44.1 Å². The summed E-state index contributed by atoms with van der Waals surface area (Å²) in [4.78, 5) is 17.1. The molecule has 250 valence electrons. The summed E-state index contributed by atoms with van der Waals surface area (Å²) in [7, 11) is 5.12. The molecule has 2 N–H and O–H groups in total. The molecule has 0 bridgehead atoms. The van der Waals surface area contributed by atoms with Crippen LogP contribution < -0.4 is 5.50 Å². The van der Waals surface area contributed by atoms with E-state index in [-0.39, 0.29) is 27.1 Å². The molecule has 1 aromatic carbocycles. The highest BCUT2D eigenvalue weighted by atomic mass is 31.0. The summed E-state index contributed by atoms with van der Waals surface area (Å²) in [6.07, 6.45) is 14.0. The average Bonchev–Trinajstić information content (AvgIpc) is 3.61. The minimum Gasteiger partial charge on any atom is -0.381 e. The van der Waals surface area contributed by atoms with Crippen LogP contribution in [0.25, 0.3) is 0 Å². The van der Waals surface area contributed by atoms with Gasteiger partial charge in [0.05, 0.1) is 26.2 Å². The molecule has 43 heavy (non-hydrogen) atoms. The Labute approximate surface area is 267 Å². The molecule has 2 fully saturated rings. The molecule has 1 aromatic rings. The Bertz CT molecular complexity index is 821. The predicted molar refractivity (Wildman–Crippen MR) is 188 cm³/mol. The molecule has 0 aromatic heterocycles. The van der Waals surface area contributed by atoms with Crippen LogP contribution in [0.3, 0.4) is 0 Å². The van der Waals surface area contributed by atoms with Crippen molar-refractivity contribution in [2.24, 2.45) is 17.3 Å². The van der Waals surface area contributed by atoms with Crippen LogP contribution >= 0.6 is 9.39 Å². The first-order valence-electron chi connectivity index (χ1n) is 15.3. The fourth-order valence-corrected chi connectivity index (χ4v) is 5.51. The lowest BCUT2D eigenvalue weighted by Gasteiger charge is -2.26. The van der Waals surface area contributed by atoms with Gasteiger partial charge in [-0.15, -0.1) is 0 Å². The number of fused-ring (bicyclic) bond motifs is 1. The molecule has 1 amide bonds. The first-order valence-corrected chi connectivity index (χ1v) is 16.0. The van der Waals surface area contributed by atoms with Gasteiger partial charge in [0.15, 0.2) is 6.29 Å². The fourth-order valence-electron chi connectivity index (χ4n) is 5.51. The summed E-state index contributed by atoms with van der Waals surface area (Å²) in [5.74, 6) is 2.05. The van der Waals surface area contributed by atoms with Gasteiger partial charge >= 0.3 is 0 Å². The number of amides is 1. The van der Waals surface area contributed by atoms with Crippen molar-refractivity contribution in [2.45, 2.75) is 86.4 Å². The third kappa shape index (κ3) is 18.1. The van der Waals surface area contributed by atoms with Gasteiger partial charge in [-0.25, -0.2) is 0 Å². The van der Waals surface area contributed by atoms with E-state index in [1.807, 2.05) is 33.4 Å². The molecule has 1 aliphatic carbocycles. The van der Waals surface area contributed by atoms with Crippen LogP contribution in [0.2, 0.25) is 0 Å². The maximum Gasteiger partial charge on any atom is 0.225 e. The van der Waals surface area contributed by atoms with E-state index in [2.05, 4.69) is 48.2 Å². The zero-order chi connectivity index (χ0) is 30.3. The van der Waals surface area contributed by atoms with Crippen molar-refractivity contribution in [1.82, 2.24) is 9.80 Å². The zero-order valence-corrected chi connectivity index (χ0v) is 27.4. The summed E-state index contributed by atoms with van der Waals surface area (Å²) in [5.41, 5.74) is 7.13. The van der Waals surface area contributed by atoms with Gasteiger partial charge in [0, 0.05) is 40.4 Å². The second-order valence-corrected chi connectivity index (χ2v) is 10.7. The summed E-state index contributed by atoms with van der Waals surface area (Å²) in [6, 6.07) is 8.99. The molecule has 3 atom stereocenters. The molecule has 0 radical (unpaired) electrons. The molecule has 7 nitrogen and oxygen atoms in total. The van der Waals surface area contributed by atoms with Crippen molar-refractivity contribution in [1.29, 1.82) is 0 Å². The molecule has 8 heteroatoms. The Balaban J connectivity index is 0.